The molecule has 4 heteroatoms. The third kappa shape index (κ3) is 4.02. The maximum atomic E-state index is 10.1. The predicted molar refractivity (Wildman–Crippen MR) is 59.0 cm³/mol. The average Bonchev–Trinajstić information content (AvgIpc) is 2.48. The molecule has 0 aliphatic heterocycles. The summed E-state index contributed by atoms with van der Waals surface area (Å²) in [5.74, 6) is 0. The van der Waals surface area contributed by atoms with Gasteiger partial charge in [-0.3, -0.25) is 0 Å². The molecule has 0 saturated carbocycles. The number of aldehydes is 1. The second kappa shape index (κ2) is 5.52. The Morgan fingerprint density at radius 3 is 3.00 bits per heavy atom. The van der Waals surface area contributed by atoms with Crippen molar-refractivity contribution in [3.05, 3.63) is 20.8 Å². The Balaban J connectivity index is 2.35. The van der Waals surface area contributed by atoms with Crippen molar-refractivity contribution in [1.82, 2.24) is 4.90 Å². The molecule has 1 aromatic rings. The van der Waals surface area contributed by atoms with Gasteiger partial charge < -0.3 is 9.69 Å². The van der Waals surface area contributed by atoms with Gasteiger partial charge in [-0.25, -0.2) is 0 Å². The van der Waals surface area contributed by atoms with Crippen molar-refractivity contribution in [2.75, 3.05) is 13.6 Å². The molecule has 0 atom stereocenters. The van der Waals surface area contributed by atoms with Crippen molar-refractivity contribution in [1.29, 1.82) is 0 Å². The number of hydrogen-bond donors (Lipinski definition) is 0. The Kier molecular flexibility index (Phi) is 4.62. The van der Waals surface area contributed by atoms with Gasteiger partial charge in [-0.05, 0) is 40.0 Å². The summed E-state index contributed by atoms with van der Waals surface area (Å²) in [6.07, 6.45) is 1.57. The van der Waals surface area contributed by atoms with E-state index in [1.54, 1.807) is 11.3 Å². The minimum atomic E-state index is 0.613. The molecular formula is C9H12BrNOS. The van der Waals surface area contributed by atoms with E-state index in [2.05, 4.69) is 32.3 Å². The summed E-state index contributed by atoms with van der Waals surface area (Å²) in [6.45, 7) is 1.74. The van der Waals surface area contributed by atoms with Gasteiger partial charge in [0.15, 0.2) is 0 Å². The summed E-state index contributed by atoms with van der Waals surface area (Å²) in [4.78, 5) is 12.3. The van der Waals surface area contributed by atoms with Crippen LogP contribution in [0.1, 0.15) is 12.0 Å². The Labute approximate surface area is 90.7 Å². The minimum Gasteiger partial charge on any atom is -0.303 e. The van der Waals surface area contributed by atoms with Crippen molar-refractivity contribution >= 4 is 33.6 Å². The number of halogens is 1. The number of carbonyl (C=O) groups excluding carboxylic acids is 1. The molecule has 1 rings (SSSR count). The third-order valence-corrected chi connectivity index (χ3v) is 3.26. The lowest BCUT2D eigenvalue weighted by molar-refractivity contribution is -0.108. The molecule has 0 aromatic carbocycles. The first-order chi connectivity index (χ1) is 6.22. The van der Waals surface area contributed by atoms with E-state index in [-0.39, 0.29) is 0 Å². The highest BCUT2D eigenvalue weighted by Crippen LogP contribution is 2.21. The quantitative estimate of drug-likeness (QED) is 0.760. The number of carbonyl (C=O) groups is 1. The average molecular weight is 262 g/mol. The van der Waals surface area contributed by atoms with Gasteiger partial charge in [0, 0.05) is 19.5 Å². The Bertz CT molecular complexity index is 274. The fourth-order valence-corrected chi connectivity index (χ4v) is 2.29. The topological polar surface area (TPSA) is 20.3 Å². The van der Waals surface area contributed by atoms with E-state index in [4.69, 9.17) is 0 Å². The molecular weight excluding hydrogens is 250 g/mol. The van der Waals surface area contributed by atoms with Gasteiger partial charge in [-0.2, -0.15) is 0 Å². The lowest BCUT2D eigenvalue weighted by Crippen LogP contribution is -2.18. The molecule has 0 aliphatic carbocycles. The predicted octanol–water partition coefficient (Wildman–Crippen LogP) is 2.53. The summed E-state index contributed by atoms with van der Waals surface area (Å²) in [5.41, 5.74) is 1.30. The molecule has 0 spiro atoms. The fourth-order valence-electron chi connectivity index (χ4n) is 1.09. The maximum Gasteiger partial charge on any atom is 0.121 e. The van der Waals surface area contributed by atoms with Crippen molar-refractivity contribution in [2.24, 2.45) is 0 Å². The van der Waals surface area contributed by atoms with Crippen LogP contribution in [0.5, 0.6) is 0 Å². The highest BCUT2D eigenvalue weighted by molar-refractivity contribution is 9.11. The third-order valence-electron chi connectivity index (χ3n) is 1.70. The molecule has 0 N–H and O–H groups in total. The summed E-state index contributed by atoms with van der Waals surface area (Å²) >= 11 is 5.11. The van der Waals surface area contributed by atoms with Crippen LogP contribution in [0.3, 0.4) is 0 Å². The molecule has 0 bridgehead atoms. The van der Waals surface area contributed by atoms with E-state index in [9.17, 15) is 4.79 Å². The first-order valence-electron chi connectivity index (χ1n) is 4.07. The van der Waals surface area contributed by atoms with Gasteiger partial charge in [0.05, 0.1) is 3.79 Å². The van der Waals surface area contributed by atoms with E-state index in [0.717, 1.165) is 23.2 Å². The lowest BCUT2D eigenvalue weighted by atomic mass is 10.3. The molecule has 1 aromatic heterocycles. The van der Waals surface area contributed by atoms with Gasteiger partial charge >= 0.3 is 0 Å². The van der Waals surface area contributed by atoms with Gasteiger partial charge in [-0.1, -0.05) is 0 Å². The van der Waals surface area contributed by atoms with Gasteiger partial charge in [-0.15, -0.1) is 11.3 Å². The van der Waals surface area contributed by atoms with Crippen LogP contribution in [-0.2, 0) is 11.3 Å². The first-order valence-corrected chi connectivity index (χ1v) is 5.74. The van der Waals surface area contributed by atoms with Crippen LogP contribution in [0.2, 0.25) is 0 Å². The minimum absolute atomic E-state index is 0.613. The van der Waals surface area contributed by atoms with E-state index in [0.29, 0.717) is 6.42 Å². The zero-order valence-electron chi connectivity index (χ0n) is 7.50. The second-order valence-electron chi connectivity index (χ2n) is 2.95. The smallest absolute Gasteiger partial charge is 0.121 e. The Morgan fingerprint density at radius 2 is 2.46 bits per heavy atom. The van der Waals surface area contributed by atoms with Gasteiger partial charge in [0.25, 0.3) is 0 Å². The zero-order chi connectivity index (χ0) is 9.68. The summed E-state index contributed by atoms with van der Waals surface area (Å²) in [7, 11) is 2.02. The zero-order valence-corrected chi connectivity index (χ0v) is 9.90. The van der Waals surface area contributed by atoms with E-state index >= 15 is 0 Å². The van der Waals surface area contributed by atoms with Crippen molar-refractivity contribution < 1.29 is 4.79 Å². The van der Waals surface area contributed by atoms with Crippen LogP contribution >= 0.6 is 27.3 Å². The summed E-state index contributed by atoms with van der Waals surface area (Å²) in [6, 6.07) is 2.11. The summed E-state index contributed by atoms with van der Waals surface area (Å²) < 4.78 is 1.16. The molecule has 0 radical (unpaired) electrons. The highest BCUT2D eigenvalue weighted by Gasteiger charge is 2.01. The molecule has 1 heterocycles. The Hall–Kier alpha value is -0.190. The molecule has 0 fully saturated rings. The highest BCUT2D eigenvalue weighted by atomic mass is 79.9. The van der Waals surface area contributed by atoms with Crippen LogP contribution in [0.4, 0.5) is 0 Å². The largest absolute Gasteiger partial charge is 0.303 e. The normalized spacial score (nSPS) is 10.7. The Morgan fingerprint density at radius 1 is 1.69 bits per heavy atom. The van der Waals surface area contributed by atoms with Crippen LogP contribution < -0.4 is 0 Å². The number of rotatable bonds is 5. The van der Waals surface area contributed by atoms with E-state index < -0.39 is 0 Å². The number of nitrogens with zero attached hydrogens (tertiary/aromatic N) is 1. The van der Waals surface area contributed by atoms with Gasteiger partial charge in [0.2, 0.25) is 0 Å². The van der Waals surface area contributed by atoms with E-state index in [1.165, 1.54) is 5.56 Å². The molecule has 0 unspecified atom stereocenters. The first kappa shape index (κ1) is 10.9. The molecule has 72 valence electrons. The van der Waals surface area contributed by atoms with Crippen molar-refractivity contribution in [3.63, 3.8) is 0 Å². The molecule has 2 nitrogen and oxygen atoms in total. The number of thiophene rings is 1. The second-order valence-corrected chi connectivity index (χ2v) is 5.24. The lowest BCUT2D eigenvalue weighted by Gasteiger charge is -2.13. The molecule has 0 saturated heterocycles. The fraction of sp³-hybridized carbons (Fsp3) is 0.444. The number of hydrogen-bond acceptors (Lipinski definition) is 3. The molecule has 0 amide bonds. The van der Waals surface area contributed by atoms with Crippen LogP contribution in [0, 0.1) is 0 Å². The van der Waals surface area contributed by atoms with Crippen LogP contribution in [0.15, 0.2) is 15.2 Å². The van der Waals surface area contributed by atoms with E-state index in [1.807, 2.05) is 7.05 Å². The molecule has 13 heavy (non-hydrogen) atoms. The van der Waals surface area contributed by atoms with Crippen molar-refractivity contribution in [2.45, 2.75) is 13.0 Å². The SMILES string of the molecule is CN(CCC=O)Cc1csc(Br)c1. The summed E-state index contributed by atoms with van der Waals surface area (Å²) in [5, 5.41) is 2.13. The van der Waals surface area contributed by atoms with Crippen LogP contribution in [0.25, 0.3) is 0 Å². The standard InChI is InChI=1S/C9H12BrNOS/c1-11(3-2-4-12)6-8-5-9(10)13-7-8/h4-5,7H,2-3,6H2,1H3. The molecule has 0 aliphatic rings. The maximum absolute atomic E-state index is 10.1. The van der Waals surface area contributed by atoms with Crippen LogP contribution in [-0.4, -0.2) is 24.8 Å². The van der Waals surface area contributed by atoms with Crippen molar-refractivity contribution in [3.8, 4) is 0 Å². The van der Waals surface area contributed by atoms with Gasteiger partial charge in [0.1, 0.15) is 6.29 Å². The monoisotopic (exact) mass is 261 g/mol.